The zero-order chi connectivity index (χ0) is 32.3. The molecule has 0 aliphatic carbocycles. The first-order valence-corrected chi connectivity index (χ1v) is 13.7. The number of nitrogens with zero attached hydrogens (tertiary/aromatic N) is 8. The van der Waals surface area contributed by atoms with Crippen LogP contribution in [0.25, 0.3) is 33.9 Å². The van der Waals surface area contributed by atoms with Crippen molar-refractivity contribution in [2.45, 2.75) is 6.54 Å². The first-order valence-electron chi connectivity index (χ1n) is 13.7. The molecule has 0 amide bonds. The van der Waals surface area contributed by atoms with Crippen LogP contribution in [0.4, 0.5) is 17.6 Å². The Labute approximate surface area is 281 Å². The van der Waals surface area contributed by atoms with Gasteiger partial charge < -0.3 is 20.2 Å². The van der Waals surface area contributed by atoms with Crippen LogP contribution in [0.2, 0.25) is 0 Å². The second kappa shape index (κ2) is 16.8. The van der Waals surface area contributed by atoms with E-state index in [4.69, 9.17) is 0 Å². The first kappa shape index (κ1) is 34.5. The molecule has 7 aromatic rings. The van der Waals surface area contributed by atoms with Crippen LogP contribution in [0.15, 0.2) is 116 Å². The minimum atomic E-state index is -0.649. The Hall–Kier alpha value is -5.39. The van der Waals surface area contributed by atoms with Crippen molar-refractivity contribution in [3.8, 4) is 33.9 Å². The number of pyridine rings is 3. The average molecular weight is 813 g/mol. The molecule has 0 saturated carbocycles. The molecule has 5 aromatic heterocycles. The van der Waals surface area contributed by atoms with Crippen LogP contribution < -0.4 is 9.67 Å². The molecule has 8 nitrogen and oxygen atoms in total. The first-order chi connectivity index (χ1) is 22.4. The van der Waals surface area contributed by atoms with Crippen molar-refractivity contribution >= 4 is 0 Å². The summed E-state index contributed by atoms with van der Waals surface area (Å²) in [6.07, 6.45) is 10.8. The molecular formula is C34H24F4IrN8+. The van der Waals surface area contributed by atoms with Gasteiger partial charge in [-0.15, -0.1) is 24.3 Å². The maximum atomic E-state index is 13.2. The fourth-order valence-corrected chi connectivity index (χ4v) is 4.11. The summed E-state index contributed by atoms with van der Waals surface area (Å²) in [6, 6.07) is 24.8. The van der Waals surface area contributed by atoms with Crippen molar-refractivity contribution < 1.29 is 42.2 Å². The topological polar surface area (TPSA) is 87.4 Å². The van der Waals surface area contributed by atoms with Crippen molar-refractivity contribution in [1.82, 2.24) is 34.9 Å². The van der Waals surface area contributed by atoms with E-state index in [0.717, 1.165) is 41.3 Å². The fourth-order valence-electron chi connectivity index (χ4n) is 4.11. The Morgan fingerprint density at radius 2 is 1.26 bits per heavy atom. The summed E-state index contributed by atoms with van der Waals surface area (Å²) >= 11 is 0. The van der Waals surface area contributed by atoms with E-state index in [1.807, 2.05) is 53.1 Å². The van der Waals surface area contributed by atoms with Crippen LogP contribution in [-0.2, 0) is 33.7 Å². The normalized spacial score (nSPS) is 10.1. The molecule has 7 rings (SSSR count). The maximum Gasteiger partial charge on any atom is 3.00 e. The number of halogens is 4. The number of hydrogen-bond acceptors (Lipinski definition) is 5. The number of benzene rings is 2. The predicted molar refractivity (Wildman–Crippen MR) is 160 cm³/mol. The quantitative estimate of drug-likeness (QED) is 0.124. The molecule has 0 bridgehead atoms. The van der Waals surface area contributed by atoms with Gasteiger partial charge in [-0.2, -0.15) is 0 Å². The Bertz CT molecular complexity index is 1900. The van der Waals surface area contributed by atoms with Crippen LogP contribution in [0.1, 0.15) is 5.69 Å². The molecule has 0 aliphatic rings. The molecule has 5 heterocycles. The molecule has 47 heavy (non-hydrogen) atoms. The van der Waals surface area contributed by atoms with Crippen molar-refractivity contribution in [3.05, 3.63) is 157 Å². The van der Waals surface area contributed by atoms with Gasteiger partial charge in [0.05, 0.1) is 12.7 Å². The number of rotatable bonds is 5. The van der Waals surface area contributed by atoms with Gasteiger partial charge in [-0.3, -0.25) is 27.8 Å². The summed E-state index contributed by atoms with van der Waals surface area (Å²) in [5, 5.41) is 11.9. The van der Waals surface area contributed by atoms with E-state index in [1.54, 1.807) is 55.0 Å². The minimum absolute atomic E-state index is 0. The van der Waals surface area contributed by atoms with Crippen molar-refractivity contribution in [2.24, 2.45) is 7.05 Å². The van der Waals surface area contributed by atoms with Crippen LogP contribution in [0.3, 0.4) is 0 Å². The van der Waals surface area contributed by atoms with E-state index >= 15 is 0 Å². The van der Waals surface area contributed by atoms with Gasteiger partial charge in [-0.05, 0) is 35.7 Å². The summed E-state index contributed by atoms with van der Waals surface area (Å²) in [4.78, 5) is 12.2. The van der Waals surface area contributed by atoms with E-state index in [-0.39, 0.29) is 31.2 Å². The molecule has 0 N–H and O–H groups in total. The second-order valence-electron chi connectivity index (χ2n) is 9.56. The van der Waals surface area contributed by atoms with Gasteiger partial charge in [-0.1, -0.05) is 53.6 Å². The molecular weight excluding hydrogens is 789 g/mol. The monoisotopic (exact) mass is 813 g/mol. The van der Waals surface area contributed by atoms with E-state index < -0.39 is 23.3 Å². The Balaban J connectivity index is 0.000000160. The minimum Gasteiger partial charge on any atom is -0.350 e. The van der Waals surface area contributed by atoms with E-state index in [9.17, 15) is 17.6 Å². The fraction of sp³-hybridized carbons (Fsp3) is 0.0588. The van der Waals surface area contributed by atoms with Crippen LogP contribution >= 0.6 is 0 Å². The standard InChI is InChI=1S/C12H12N6.2C11H6F2N.Ir/c1-17-6-7-18(9-17)8-11-12(15-16-14-11)10-4-2-3-5-13-10;2*12-8-4-5-9(10(13)7-8)11-3-1-2-6-14-11;/h2-7,9H,8H2,1H3;2*1-4,6-7H;/q;2*-1;+3. The summed E-state index contributed by atoms with van der Waals surface area (Å²) in [5.41, 5.74) is 3.64. The van der Waals surface area contributed by atoms with Gasteiger partial charge in [-0.25, -0.2) is 9.13 Å². The van der Waals surface area contributed by atoms with Gasteiger partial charge >= 0.3 is 20.1 Å². The van der Waals surface area contributed by atoms with Gasteiger partial charge in [0, 0.05) is 53.2 Å². The number of hydrogen-bond donors (Lipinski definition) is 0. The molecule has 0 unspecified atom stereocenters. The number of imidazole rings is 1. The number of aryl methyl sites for hydroxylation is 1. The SMILES string of the molecule is C[n+]1ccn(Cc2nn[n-]c2-c2ccccn2)c1.Fc1c[c-]c(-c2ccccn2)c(F)c1.Fc1c[c-]c(-c2ccccn2)c(F)c1.[Ir+3]. The average Bonchev–Trinajstić information content (AvgIpc) is 3.71. The molecule has 2 aromatic carbocycles. The molecule has 236 valence electrons. The van der Waals surface area contributed by atoms with Crippen LogP contribution in [0.5, 0.6) is 0 Å². The third kappa shape index (κ3) is 9.55. The van der Waals surface area contributed by atoms with E-state index in [0.29, 0.717) is 17.9 Å². The largest absolute Gasteiger partial charge is 3.00 e. The van der Waals surface area contributed by atoms with Gasteiger partial charge in [0.1, 0.15) is 18.9 Å². The van der Waals surface area contributed by atoms with Crippen molar-refractivity contribution in [2.75, 3.05) is 0 Å². The smallest absolute Gasteiger partial charge is 0.350 e. The number of aromatic nitrogens is 8. The van der Waals surface area contributed by atoms with Crippen molar-refractivity contribution in [1.29, 1.82) is 0 Å². The third-order valence-corrected chi connectivity index (χ3v) is 6.20. The van der Waals surface area contributed by atoms with Crippen LogP contribution in [0, 0.1) is 35.4 Å². The summed E-state index contributed by atoms with van der Waals surface area (Å²) in [6.45, 7) is 0.639. The molecule has 13 heteroatoms. The van der Waals surface area contributed by atoms with Crippen molar-refractivity contribution in [3.63, 3.8) is 0 Å². The molecule has 0 saturated heterocycles. The summed E-state index contributed by atoms with van der Waals surface area (Å²) in [5.74, 6) is -2.57. The van der Waals surface area contributed by atoms with Crippen LogP contribution in [-0.4, -0.2) is 29.8 Å². The maximum absolute atomic E-state index is 13.2. The molecule has 0 radical (unpaired) electrons. The summed E-state index contributed by atoms with van der Waals surface area (Å²) in [7, 11) is 1.98. The predicted octanol–water partition coefficient (Wildman–Crippen LogP) is 5.82. The zero-order valence-electron chi connectivity index (χ0n) is 24.6. The Morgan fingerprint density at radius 3 is 1.68 bits per heavy atom. The molecule has 0 atom stereocenters. The van der Waals surface area contributed by atoms with E-state index in [2.05, 4.69) is 42.5 Å². The van der Waals surface area contributed by atoms with Gasteiger partial charge in [0.2, 0.25) is 6.33 Å². The zero-order valence-corrected chi connectivity index (χ0v) is 27.0. The summed E-state index contributed by atoms with van der Waals surface area (Å²) < 4.78 is 55.6. The molecule has 0 aliphatic heterocycles. The van der Waals surface area contributed by atoms with Gasteiger partial charge in [0.15, 0.2) is 0 Å². The molecule has 0 fully saturated rings. The van der Waals surface area contributed by atoms with E-state index in [1.165, 1.54) is 0 Å². The van der Waals surface area contributed by atoms with Gasteiger partial charge in [0.25, 0.3) is 0 Å². The second-order valence-corrected chi connectivity index (χ2v) is 9.56. The Morgan fingerprint density at radius 1 is 0.745 bits per heavy atom. The molecule has 0 spiro atoms. The third-order valence-electron chi connectivity index (χ3n) is 6.20. The Kier molecular flexibility index (Phi) is 12.3.